The third-order valence-corrected chi connectivity index (χ3v) is 7.02. The molecule has 0 bridgehead atoms. The van der Waals surface area contributed by atoms with E-state index in [0.717, 1.165) is 22.2 Å². The van der Waals surface area contributed by atoms with Crippen LogP contribution in [0.1, 0.15) is 23.0 Å². The second-order valence-electron chi connectivity index (χ2n) is 9.62. The lowest BCUT2D eigenvalue weighted by Gasteiger charge is -2.39. The minimum Gasteiger partial charge on any atom is -0.466 e. The summed E-state index contributed by atoms with van der Waals surface area (Å²) in [6.45, 7) is 5.31. The second kappa shape index (κ2) is 10.4. The van der Waals surface area contributed by atoms with Gasteiger partial charge in [-0.3, -0.25) is 9.48 Å². The largest absolute Gasteiger partial charge is 0.466 e. The van der Waals surface area contributed by atoms with Gasteiger partial charge in [0, 0.05) is 75.1 Å². The van der Waals surface area contributed by atoms with Crippen molar-refractivity contribution in [2.75, 3.05) is 45.5 Å². The van der Waals surface area contributed by atoms with Gasteiger partial charge in [-0.2, -0.15) is 5.10 Å². The van der Waals surface area contributed by atoms with E-state index in [0.29, 0.717) is 47.7 Å². The average Bonchev–Trinajstić information content (AvgIpc) is 3.31. The van der Waals surface area contributed by atoms with Crippen molar-refractivity contribution in [3.8, 4) is 17.1 Å². The van der Waals surface area contributed by atoms with Crippen molar-refractivity contribution in [1.29, 1.82) is 0 Å². The molecule has 1 atom stereocenters. The Morgan fingerprint density at radius 3 is 2.69 bits per heavy atom. The number of methoxy groups -OCH3 is 1. The van der Waals surface area contributed by atoms with E-state index in [1.54, 1.807) is 18.8 Å². The molecule has 0 aliphatic carbocycles. The van der Waals surface area contributed by atoms with E-state index in [1.807, 2.05) is 51.4 Å². The van der Waals surface area contributed by atoms with Crippen LogP contribution in [0.25, 0.3) is 33.2 Å². The predicted octanol–water partition coefficient (Wildman–Crippen LogP) is 3.02. The van der Waals surface area contributed by atoms with Gasteiger partial charge < -0.3 is 29.7 Å². The predicted molar refractivity (Wildman–Crippen MR) is 146 cm³/mol. The normalized spacial score (nSPS) is 15.7. The average molecular weight is 534 g/mol. The van der Waals surface area contributed by atoms with Crippen LogP contribution in [0.3, 0.4) is 0 Å². The number of amides is 2. The monoisotopic (exact) mass is 533 g/mol. The molecule has 2 N–H and O–H groups in total. The summed E-state index contributed by atoms with van der Waals surface area (Å²) in [6, 6.07) is 7.44. The van der Waals surface area contributed by atoms with Crippen LogP contribution >= 0.6 is 0 Å². The molecule has 2 aromatic heterocycles. The number of benzene rings is 2. The molecule has 204 valence electrons. The first kappa shape index (κ1) is 26.2. The molecule has 1 aliphatic rings. The Morgan fingerprint density at radius 1 is 1.21 bits per heavy atom. The minimum absolute atomic E-state index is 0.0268. The molecule has 2 aromatic carbocycles. The summed E-state index contributed by atoms with van der Waals surface area (Å²) >= 11 is 0. The lowest BCUT2D eigenvalue weighted by molar-refractivity contribution is 0.0511. The number of carbonyl (C=O) groups excluding carboxylic acids is 1. The van der Waals surface area contributed by atoms with E-state index in [2.05, 4.69) is 15.3 Å². The number of ether oxygens (including phenoxy) is 2. The molecule has 39 heavy (non-hydrogen) atoms. The van der Waals surface area contributed by atoms with Crippen molar-refractivity contribution in [3.63, 3.8) is 0 Å². The van der Waals surface area contributed by atoms with Crippen LogP contribution in [-0.2, 0) is 11.8 Å². The number of fused-ring (bicyclic) bond motifs is 2. The zero-order chi connectivity index (χ0) is 27.8. The van der Waals surface area contributed by atoms with Gasteiger partial charge in [0.05, 0.1) is 16.6 Å². The minimum atomic E-state index is -0.919. The Balaban J connectivity index is 1.63. The summed E-state index contributed by atoms with van der Waals surface area (Å²) in [7, 11) is 4.96. The molecule has 0 unspecified atom stereocenters. The number of carbonyl (C=O) groups is 2. The zero-order valence-electron chi connectivity index (χ0n) is 22.6. The molecule has 12 heteroatoms. The topological polar surface area (TPSA) is 135 Å². The number of hydrogen-bond donors (Lipinski definition) is 2. The number of aromatic nitrogens is 4. The maximum Gasteiger partial charge on any atom is 0.407 e. The Hall–Kier alpha value is -4.45. The molecule has 3 heterocycles. The lowest BCUT2D eigenvalue weighted by Crippen LogP contribution is -2.53. The van der Waals surface area contributed by atoms with Gasteiger partial charge in [-0.15, -0.1) is 0 Å². The number of rotatable bonds is 6. The van der Waals surface area contributed by atoms with Crippen LogP contribution in [0.4, 0.5) is 10.5 Å². The van der Waals surface area contributed by atoms with Gasteiger partial charge in [0.15, 0.2) is 12.6 Å². The fourth-order valence-electron chi connectivity index (χ4n) is 5.11. The van der Waals surface area contributed by atoms with Gasteiger partial charge in [-0.1, -0.05) is 0 Å². The highest BCUT2D eigenvalue weighted by Gasteiger charge is 2.28. The van der Waals surface area contributed by atoms with Crippen LogP contribution in [0, 0.1) is 6.92 Å². The van der Waals surface area contributed by atoms with Gasteiger partial charge in [0.2, 0.25) is 0 Å². The molecule has 12 nitrogen and oxygen atoms in total. The van der Waals surface area contributed by atoms with Gasteiger partial charge in [-0.05, 0) is 38.1 Å². The standard InChI is InChI=1S/C27H31N7O5/c1-15-12-33(8-9-34(15)27(36)37)18-6-7-21-19(11-18)23(26(35)28-3)30-25(29-21)20-10-17-13-32(4)31-22(17)16(2)24(20)39-14-38-5/h6-7,10-11,13,15H,8-9,12,14H2,1-5H3,(H,28,35)(H,36,37)/t15-/m0/s1. The molecule has 1 saturated heterocycles. The summed E-state index contributed by atoms with van der Waals surface area (Å²) < 4.78 is 12.9. The first-order chi connectivity index (χ1) is 18.7. The quantitative estimate of drug-likeness (QED) is 0.359. The first-order valence-corrected chi connectivity index (χ1v) is 12.6. The smallest absolute Gasteiger partial charge is 0.407 e. The summed E-state index contributed by atoms with van der Waals surface area (Å²) in [5.41, 5.74) is 3.94. The Bertz CT molecular complexity index is 1580. The molecule has 1 fully saturated rings. The van der Waals surface area contributed by atoms with Crippen molar-refractivity contribution in [3.05, 3.63) is 41.7 Å². The van der Waals surface area contributed by atoms with Crippen molar-refractivity contribution in [1.82, 2.24) is 30.0 Å². The molecule has 2 amide bonds. The molecular weight excluding hydrogens is 502 g/mol. The van der Waals surface area contributed by atoms with Crippen LogP contribution in [0.5, 0.6) is 5.75 Å². The van der Waals surface area contributed by atoms with Gasteiger partial charge in [-0.25, -0.2) is 14.8 Å². The fraction of sp³-hybridized carbons (Fsp3) is 0.370. The van der Waals surface area contributed by atoms with E-state index >= 15 is 0 Å². The first-order valence-electron chi connectivity index (χ1n) is 12.6. The van der Waals surface area contributed by atoms with Gasteiger partial charge >= 0.3 is 6.09 Å². The van der Waals surface area contributed by atoms with Crippen LogP contribution in [0.15, 0.2) is 30.5 Å². The summed E-state index contributed by atoms with van der Waals surface area (Å²) in [5, 5.41) is 18.2. The molecular formula is C27H31N7O5. The number of carboxylic acid groups (broad SMARTS) is 1. The highest BCUT2D eigenvalue weighted by molar-refractivity contribution is 6.06. The number of anilines is 1. The Kier molecular flexibility index (Phi) is 6.96. The molecule has 0 saturated carbocycles. The molecule has 5 rings (SSSR count). The summed E-state index contributed by atoms with van der Waals surface area (Å²) in [4.78, 5) is 37.7. The molecule has 4 aromatic rings. The van der Waals surface area contributed by atoms with Gasteiger partial charge in [0.1, 0.15) is 11.4 Å². The molecule has 0 radical (unpaired) electrons. The van der Waals surface area contributed by atoms with Gasteiger partial charge in [0.25, 0.3) is 5.91 Å². The van der Waals surface area contributed by atoms with Crippen LogP contribution in [-0.4, -0.2) is 88.4 Å². The number of nitrogens with zero attached hydrogens (tertiary/aromatic N) is 6. The number of aryl methyl sites for hydroxylation is 2. The maximum atomic E-state index is 13.1. The SMILES string of the molecule is CNC(=O)c1nc(-c2cc3cn(C)nc3c(C)c2OCOC)nc2ccc(N3CCN(C(=O)O)[C@@H](C)C3)cc12. The highest BCUT2D eigenvalue weighted by atomic mass is 16.7. The van der Waals surface area contributed by atoms with E-state index in [9.17, 15) is 14.7 Å². The van der Waals surface area contributed by atoms with Crippen molar-refractivity contribution >= 4 is 39.5 Å². The summed E-state index contributed by atoms with van der Waals surface area (Å²) in [6.07, 6.45) is 0.987. The number of hydrogen-bond acceptors (Lipinski definition) is 8. The van der Waals surface area contributed by atoms with E-state index in [1.165, 1.54) is 4.90 Å². The van der Waals surface area contributed by atoms with Crippen LogP contribution in [0.2, 0.25) is 0 Å². The second-order valence-corrected chi connectivity index (χ2v) is 9.62. The third-order valence-electron chi connectivity index (χ3n) is 7.02. The van der Waals surface area contributed by atoms with Crippen LogP contribution < -0.4 is 15.0 Å². The highest BCUT2D eigenvalue weighted by Crippen LogP contribution is 2.37. The molecule has 1 aliphatic heterocycles. The third kappa shape index (κ3) is 4.78. The Morgan fingerprint density at radius 2 is 2.00 bits per heavy atom. The van der Waals surface area contributed by atoms with Crippen molar-refractivity contribution in [2.24, 2.45) is 7.05 Å². The lowest BCUT2D eigenvalue weighted by atomic mass is 10.0. The van der Waals surface area contributed by atoms with Crippen molar-refractivity contribution < 1.29 is 24.2 Å². The zero-order valence-corrected chi connectivity index (χ0v) is 22.6. The fourth-order valence-corrected chi connectivity index (χ4v) is 5.11. The van der Waals surface area contributed by atoms with E-state index in [4.69, 9.17) is 19.4 Å². The molecule has 0 spiro atoms. The summed E-state index contributed by atoms with van der Waals surface area (Å²) in [5.74, 6) is 0.535. The maximum absolute atomic E-state index is 13.1. The number of piperazine rings is 1. The van der Waals surface area contributed by atoms with E-state index in [-0.39, 0.29) is 24.4 Å². The van der Waals surface area contributed by atoms with E-state index < -0.39 is 6.09 Å². The number of nitrogens with one attached hydrogen (secondary N) is 1. The Labute approximate surface area is 225 Å². The van der Waals surface area contributed by atoms with Crippen molar-refractivity contribution in [2.45, 2.75) is 19.9 Å².